The van der Waals surface area contributed by atoms with Crippen molar-refractivity contribution < 1.29 is 24.9 Å². The van der Waals surface area contributed by atoms with Crippen LogP contribution in [0.1, 0.15) is 35.3 Å². The molecule has 0 spiro atoms. The lowest BCUT2D eigenvalue weighted by Crippen LogP contribution is -2.25. The fourth-order valence-corrected chi connectivity index (χ4v) is 2.31. The number of carbonyl (C=O) groups is 2. The molecule has 0 radical (unpaired) electrons. The van der Waals surface area contributed by atoms with Crippen LogP contribution in [0, 0.1) is 12.8 Å². The largest absolute Gasteiger partial charge is 0.507 e. The summed E-state index contributed by atoms with van der Waals surface area (Å²) in [6, 6.07) is 1.22. The lowest BCUT2D eigenvalue weighted by Gasteiger charge is -2.23. The van der Waals surface area contributed by atoms with Crippen molar-refractivity contribution in [3.63, 3.8) is 0 Å². The van der Waals surface area contributed by atoms with E-state index in [0.717, 1.165) is 0 Å². The average Bonchev–Trinajstić information content (AvgIpc) is 2.32. The first kappa shape index (κ1) is 13.1. The SMILES string of the molecule is Cc1cc(O)c2c(c1O)C(C(C)C)=C(O)C(=O)C2=O. The number of benzene rings is 1. The molecule has 0 bridgehead atoms. The van der Waals surface area contributed by atoms with Crippen molar-refractivity contribution in [3.8, 4) is 11.5 Å². The summed E-state index contributed by atoms with van der Waals surface area (Å²) in [5.74, 6) is -3.59. The molecule has 1 aliphatic rings. The Morgan fingerprint density at radius 2 is 1.58 bits per heavy atom. The minimum absolute atomic E-state index is 0.0506. The van der Waals surface area contributed by atoms with Gasteiger partial charge in [-0.1, -0.05) is 13.8 Å². The molecule has 100 valence electrons. The number of aliphatic hydroxyl groups is 1. The van der Waals surface area contributed by atoms with Crippen molar-refractivity contribution in [1.29, 1.82) is 0 Å². The molecular formula is C14H14O5. The molecular weight excluding hydrogens is 248 g/mol. The fourth-order valence-electron chi connectivity index (χ4n) is 2.31. The molecule has 0 atom stereocenters. The maximum Gasteiger partial charge on any atom is 0.268 e. The van der Waals surface area contributed by atoms with E-state index in [4.69, 9.17) is 0 Å². The molecule has 0 fully saturated rings. The van der Waals surface area contributed by atoms with Crippen molar-refractivity contribution in [1.82, 2.24) is 0 Å². The summed E-state index contributed by atoms with van der Waals surface area (Å²) in [6.45, 7) is 5.00. The van der Waals surface area contributed by atoms with Crippen molar-refractivity contribution >= 4 is 17.1 Å². The minimum Gasteiger partial charge on any atom is -0.507 e. The zero-order chi connectivity index (χ0) is 14.5. The number of carbonyl (C=O) groups excluding carboxylic acids is 2. The van der Waals surface area contributed by atoms with Gasteiger partial charge < -0.3 is 15.3 Å². The predicted octanol–water partition coefficient (Wildman–Crippen LogP) is 2.10. The van der Waals surface area contributed by atoms with Gasteiger partial charge >= 0.3 is 0 Å². The molecule has 0 saturated carbocycles. The van der Waals surface area contributed by atoms with Crippen LogP contribution in [-0.4, -0.2) is 26.9 Å². The van der Waals surface area contributed by atoms with E-state index in [0.29, 0.717) is 5.56 Å². The number of ketones is 2. The van der Waals surface area contributed by atoms with E-state index in [-0.39, 0.29) is 34.1 Å². The van der Waals surface area contributed by atoms with Crippen LogP contribution >= 0.6 is 0 Å². The summed E-state index contributed by atoms with van der Waals surface area (Å²) in [4.78, 5) is 23.6. The predicted molar refractivity (Wildman–Crippen MR) is 68.2 cm³/mol. The molecule has 5 heteroatoms. The number of Topliss-reactive ketones (excluding diaryl/α,β-unsaturated/α-hetero) is 2. The Morgan fingerprint density at radius 3 is 2.11 bits per heavy atom. The van der Waals surface area contributed by atoms with Gasteiger partial charge in [-0.2, -0.15) is 0 Å². The Morgan fingerprint density at radius 1 is 1.00 bits per heavy atom. The van der Waals surface area contributed by atoms with Crippen molar-refractivity contribution in [2.24, 2.45) is 5.92 Å². The number of allylic oxidation sites excluding steroid dienone is 2. The van der Waals surface area contributed by atoms with Crippen molar-refractivity contribution in [2.45, 2.75) is 20.8 Å². The van der Waals surface area contributed by atoms with E-state index in [2.05, 4.69) is 0 Å². The quantitative estimate of drug-likeness (QED) is 0.532. The Hall–Kier alpha value is -2.30. The van der Waals surface area contributed by atoms with Gasteiger partial charge in [-0.05, 0) is 24.5 Å². The highest BCUT2D eigenvalue weighted by Gasteiger charge is 2.38. The highest BCUT2D eigenvalue weighted by Crippen LogP contribution is 2.44. The average molecular weight is 262 g/mol. The molecule has 1 aromatic carbocycles. The van der Waals surface area contributed by atoms with Crippen molar-refractivity contribution in [3.05, 3.63) is 28.5 Å². The summed E-state index contributed by atoms with van der Waals surface area (Å²) in [7, 11) is 0. The Labute approximate surface area is 109 Å². The third kappa shape index (κ3) is 1.69. The lowest BCUT2D eigenvalue weighted by molar-refractivity contribution is -0.114. The number of aliphatic hydroxyl groups excluding tert-OH is 1. The van der Waals surface area contributed by atoms with Crippen molar-refractivity contribution in [2.75, 3.05) is 0 Å². The molecule has 0 amide bonds. The van der Waals surface area contributed by atoms with Crippen LogP contribution in [0.2, 0.25) is 0 Å². The van der Waals surface area contributed by atoms with Gasteiger partial charge in [0.05, 0.1) is 5.56 Å². The highest BCUT2D eigenvalue weighted by atomic mass is 16.3. The monoisotopic (exact) mass is 262 g/mol. The highest BCUT2D eigenvalue weighted by molar-refractivity contribution is 6.52. The Kier molecular flexibility index (Phi) is 2.85. The number of rotatable bonds is 1. The fraction of sp³-hybridized carbons (Fsp3) is 0.286. The second-order valence-corrected chi connectivity index (χ2v) is 4.89. The summed E-state index contributed by atoms with van der Waals surface area (Å²) in [5, 5.41) is 29.8. The van der Waals surface area contributed by atoms with E-state index in [1.807, 2.05) is 0 Å². The van der Waals surface area contributed by atoms with Crippen LogP contribution in [0.5, 0.6) is 11.5 Å². The minimum atomic E-state index is -1.06. The van der Waals surface area contributed by atoms with Crippen LogP contribution in [0.15, 0.2) is 11.8 Å². The van der Waals surface area contributed by atoms with Crippen LogP contribution in [0.4, 0.5) is 0 Å². The Bertz CT molecular complexity index is 638. The standard InChI is InChI=1S/C14H14O5/c1-5(2)8-10-9(13(18)14(19)12(8)17)7(15)4-6(3)11(10)16/h4-5,15-17H,1-3H3. The third-order valence-electron chi connectivity index (χ3n) is 3.22. The molecule has 0 heterocycles. The van der Waals surface area contributed by atoms with Gasteiger partial charge in [-0.15, -0.1) is 0 Å². The zero-order valence-corrected chi connectivity index (χ0v) is 10.8. The molecule has 0 unspecified atom stereocenters. The lowest BCUT2D eigenvalue weighted by atomic mass is 9.81. The summed E-state index contributed by atoms with van der Waals surface area (Å²) >= 11 is 0. The first-order valence-electron chi connectivity index (χ1n) is 5.85. The molecule has 0 aromatic heterocycles. The normalized spacial score (nSPS) is 15.2. The van der Waals surface area contributed by atoms with E-state index in [9.17, 15) is 24.9 Å². The van der Waals surface area contributed by atoms with Gasteiger partial charge in [0, 0.05) is 11.1 Å². The van der Waals surface area contributed by atoms with Gasteiger partial charge in [0.1, 0.15) is 11.5 Å². The van der Waals surface area contributed by atoms with Gasteiger partial charge in [0.15, 0.2) is 5.76 Å². The number of fused-ring (bicyclic) bond motifs is 1. The first-order chi connectivity index (χ1) is 8.77. The van der Waals surface area contributed by atoms with E-state index in [1.54, 1.807) is 20.8 Å². The molecule has 0 aliphatic heterocycles. The van der Waals surface area contributed by atoms with Crippen LogP contribution in [-0.2, 0) is 4.79 Å². The van der Waals surface area contributed by atoms with E-state index < -0.39 is 17.3 Å². The number of phenols is 2. The molecule has 2 rings (SSSR count). The van der Waals surface area contributed by atoms with Gasteiger partial charge in [-0.25, -0.2) is 0 Å². The summed E-state index contributed by atoms with van der Waals surface area (Å²) in [6.07, 6.45) is 0. The molecule has 3 N–H and O–H groups in total. The molecule has 19 heavy (non-hydrogen) atoms. The second kappa shape index (κ2) is 4.12. The first-order valence-corrected chi connectivity index (χ1v) is 5.85. The number of hydrogen-bond acceptors (Lipinski definition) is 5. The third-order valence-corrected chi connectivity index (χ3v) is 3.22. The smallest absolute Gasteiger partial charge is 0.268 e. The van der Waals surface area contributed by atoms with Crippen LogP contribution < -0.4 is 0 Å². The number of phenolic OH excluding ortho intramolecular Hbond substituents is 2. The molecule has 0 saturated heterocycles. The van der Waals surface area contributed by atoms with E-state index >= 15 is 0 Å². The number of hydrogen-bond donors (Lipinski definition) is 3. The van der Waals surface area contributed by atoms with Crippen LogP contribution in [0.25, 0.3) is 5.57 Å². The zero-order valence-electron chi connectivity index (χ0n) is 10.8. The topological polar surface area (TPSA) is 94.8 Å². The second-order valence-electron chi connectivity index (χ2n) is 4.89. The van der Waals surface area contributed by atoms with E-state index in [1.165, 1.54) is 6.07 Å². The van der Waals surface area contributed by atoms with Crippen LogP contribution in [0.3, 0.4) is 0 Å². The summed E-state index contributed by atoms with van der Waals surface area (Å²) < 4.78 is 0. The molecule has 5 nitrogen and oxygen atoms in total. The van der Waals surface area contributed by atoms with Gasteiger partial charge in [0.2, 0.25) is 5.78 Å². The number of aromatic hydroxyl groups is 2. The molecule has 1 aromatic rings. The Balaban J connectivity index is 2.96. The number of aryl methyl sites for hydroxylation is 1. The summed E-state index contributed by atoms with van der Waals surface area (Å²) in [5.41, 5.74) is 0.352. The molecule has 1 aliphatic carbocycles. The van der Waals surface area contributed by atoms with Gasteiger partial charge in [0.25, 0.3) is 5.78 Å². The maximum atomic E-state index is 11.9. The maximum absolute atomic E-state index is 11.9. The van der Waals surface area contributed by atoms with Gasteiger partial charge in [-0.3, -0.25) is 9.59 Å².